The highest BCUT2D eigenvalue weighted by Crippen LogP contribution is 2.28. The van der Waals surface area contributed by atoms with Gasteiger partial charge < -0.3 is 23.8 Å². The summed E-state index contributed by atoms with van der Waals surface area (Å²) in [5.74, 6) is 0. The first-order valence-electron chi connectivity index (χ1n) is 8.42. The Labute approximate surface area is 136 Å². The molecule has 2 unspecified atom stereocenters. The molecule has 0 aromatic heterocycles. The predicted octanol–water partition coefficient (Wildman–Crippen LogP) is 1.77. The molecule has 0 N–H and O–H groups in total. The third kappa shape index (κ3) is 9.11. The highest BCUT2D eigenvalue weighted by molar-refractivity contribution is 6.33. The first-order valence-corrected chi connectivity index (χ1v) is 8.42. The molecule has 1 heterocycles. The molecule has 0 amide bonds. The molecule has 0 aromatic rings. The van der Waals surface area contributed by atoms with Crippen molar-refractivity contribution in [3.63, 3.8) is 0 Å². The zero-order chi connectivity index (χ0) is 16.3. The Morgan fingerprint density at radius 3 is 2.41 bits per heavy atom. The largest absolute Gasteiger partial charge is 0.381 e. The molecular formula is C16H33BNO4. The molecule has 129 valence electrons. The second-order valence-corrected chi connectivity index (χ2v) is 6.57. The van der Waals surface area contributed by atoms with E-state index in [-0.39, 0.29) is 11.4 Å². The van der Waals surface area contributed by atoms with Gasteiger partial charge in [0.15, 0.2) is 0 Å². The van der Waals surface area contributed by atoms with Crippen LogP contribution in [0.2, 0.25) is 0 Å². The van der Waals surface area contributed by atoms with Crippen LogP contribution in [0.25, 0.3) is 0 Å². The average molecular weight is 314 g/mol. The predicted molar refractivity (Wildman–Crippen MR) is 89.3 cm³/mol. The van der Waals surface area contributed by atoms with Gasteiger partial charge in [-0.05, 0) is 32.4 Å². The van der Waals surface area contributed by atoms with Crippen LogP contribution in [0.15, 0.2) is 0 Å². The molecule has 1 rings (SSSR count). The maximum absolute atomic E-state index is 5.98. The Kier molecular flexibility index (Phi) is 10.3. The van der Waals surface area contributed by atoms with E-state index < -0.39 is 0 Å². The summed E-state index contributed by atoms with van der Waals surface area (Å²) in [4.78, 5) is 2.01. The molecular weight excluding hydrogens is 281 g/mol. The zero-order valence-corrected chi connectivity index (χ0v) is 14.8. The van der Waals surface area contributed by atoms with Gasteiger partial charge in [0.2, 0.25) is 7.41 Å². The topological polar surface area (TPSA) is 40.2 Å². The lowest BCUT2D eigenvalue weighted by molar-refractivity contribution is -0.0488. The van der Waals surface area contributed by atoms with Crippen LogP contribution in [-0.4, -0.2) is 78.6 Å². The second-order valence-electron chi connectivity index (χ2n) is 6.57. The molecule has 0 aromatic carbocycles. The summed E-state index contributed by atoms with van der Waals surface area (Å²) >= 11 is 0. The second kappa shape index (κ2) is 11.4. The SMILES string of the molecule is CCCC1(C)CCOCCOCCOC([B]N(C)C)COC1. The Balaban J connectivity index is 2.53. The van der Waals surface area contributed by atoms with Crippen LogP contribution >= 0.6 is 0 Å². The highest BCUT2D eigenvalue weighted by Gasteiger charge is 2.25. The lowest BCUT2D eigenvalue weighted by Gasteiger charge is -2.30. The monoisotopic (exact) mass is 314 g/mol. The molecule has 0 spiro atoms. The Hall–Kier alpha value is -0.135. The molecule has 1 aliphatic heterocycles. The van der Waals surface area contributed by atoms with Gasteiger partial charge in [-0.25, -0.2) is 0 Å². The standard InChI is InChI=1S/C16H33BNO4/c1-5-6-16(2)7-8-19-9-10-20-11-12-22-15(13-21-14-16)17-18(3)4/h15H,5-14H2,1-4H3. The molecule has 1 saturated heterocycles. The molecule has 2 atom stereocenters. The van der Waals surface area contributed by atoms with Crippen LogP contribution in [0.3, 0.4) is 0 Å². The zero-order valence-electron chi connectivity index (χ0n) is 14.8. The van der Waals surface area contributed by atoms with Crippen LogP contribution in [0.4, 0.5) is 0 Å². The molecule has 0 bridgehead atoms. The quantitative estimate of drug-likeness (QED) is 0.740. The van der Waals surface area contributed by atoms with E-state index in [4.69, 9.17) is 18.9 Å². The van der Waals surface area contributed by atoms with Crippen molar-refractivity contribution in [2.75, 3.05) is 60.3 Å². The van der Waals surface area contributed by atoms with Gasteiger partial charge in [0, 0.05) is 6.61 Å². The van der Waals surface area contributed by atoms with Crippen molar-refractivity contribution in [3.8, 4) is 0 Å². The van der Waals surface area contributed by atoms with E-state index in [0.717, 1.165) is 32.5 Å². The summed E-state index contributed by atoms with van der Waals surface area (Å²) < 4.78 is 23.0. The van der Waals surface area contributed by atoms with Crippen molar-refractivity contribution in [3.05, 3.63) is 0 Å². The maximum atomic E-state index is 5.98. The van der Waals surface area contributed by atoms with Crippen LogP contribution in [0.5, 0.6) is 0 Å². The number of nitrogens with zero attached hydrogens (tertiary/aromatic N) is 1. The van der Waals surface area contributed by atoms with Gasteiger partial charge in [-0.2, -0.15) is 0 Å². The van der Waals surface area contributed by atoms with Gasteiger partial charge in [-0.3, -0.25) is 0 Å². The van der Waals surface area contributed by atoms with E-state index in [9.17, 15) is 0 Å². The molecule has 5 nitrogen and oxygen atoms in total. The first-order chi connectivity index (χ1) is 10.6. The molecule has 22 heavy (non-hydrogen) atoms. The molecule has 1 radical (unpaired) electrons. The Morgan fingerprint density at radius 2 is 1.73 bits per heavy atom. The minimum Gasteiger partial charge on any atom is -0.381 e. The molecule has 6 heteroatoms. The van der Waals surface area contributed by atoms with Crippen molar-refractivity contribution in [1.82, 2.24) is 4.81 Å². The van der Waals surface area contributed by atoms with Crippen molar-refractivity contribution >= 4 is 7.41 Å². The van der Waals surface area contributed by atoms with Gasteiger partial charge in [-0.15, -0.1) is 0 Å². The van der Waals surface area contributed by atoms with Gasteiger partial charge in [-0.1, -0.05) is 20.3 Å². The number of rotatable bonds is 4. The Morgan fingerprint density at radius 1 is 1.05 bits per heavy atom. The number of hydrogen-bond acceptors (Lipinski definition) is 5. The van der Waals surface area contributed by atoms with Gasteiger partial charge in [0.25, 0.3) is 0 Å². The van der Waals surface area contributed by atoms with E-state index >= 15 is 0 Å². The lowest BCUT2D eigenvalue weighted by atomic mass is 9.82. The van der Waals surface area contributed by atoms with Crippen LogP contribution in [0, 0.1) is 5.41 Å². The van der Waals surface area contributed by atoms with Crippen molar-refractivity contribution in [1.29, 1.82) is 0 Å². The number of ether oxygens (including phenoxy) is 4. The third-order valence-corrected chi connectivity index (χ3v) is 3.83. The summed E-state index contributed by atoms with van der Waals surface area (Å²) in [6.45, 7) is 9.06. The summed E-state index contributed by atoms with van der Waals surface area (Å²) in [7, 11) is 6.06. The smallest absolute Gasteiger partial charge is 0.247 e. The molecule has 1 fully saturated rings. The fourth-order valence-corrected chi connectivity index (χ4v) is 2.66. The third-order valence-electron chi connectivity index (χ3n) is 3.83. The van der Waals surface area contributed by atoms with E-state index in [1.807, 2.05) is 26.3 Å². The van der Waals surface area contributed by atoms with E-state index in [0.29, 0.717) is 33.0 Å². The molecule has 0 saturated carbocycles. The fourth-order valence-electron chi connectivity index (χ4n) is 2.66. The van der Waals surface area contributed by atoms with Gasteiger partial charge >= 0.3 is 0 Å². The van der Waals surface area contributed by atoms with E-state index in [2.05, 4.69) is 13.8 Å². The van der Waals surface area contributed by atoms with Crippen LogP contribution in [0.1, 0.15) is 33.1 Å². The Bertz CT molecular complexity index is 281. The van der Waals surface area contributed by atoms with Gasteiger partial charge in [0.1, 0.15) is 0 Å². The minimum atomic E-state index is -0.0244. The van der Waals surface area contributed by atoms with Crippen molar-refractivity contribution in [2.24, 2.45) is 5.41 Å². The van der Waals surface area contributed by atoms with E-state index in [1.54, 1.807) is 0 Å². The summed E-state index contributed by atoms with van der Waals surface area (Å²) in [5, 5.41) is 0. The fraction of sp³-hybridized carbons (Fsp3) is 1.00. The maximum Gasteiger partial charge on any atom is 0.247 e. The highest BCUT2D eigenvalue weighted by atomic mass is 16.6. The summed E-state index contributed by atoms with van der Waals surface area (Å²) in [5.41, 5.74) is 0.169. The minimum absolute atomic E-state index is 0.0244. The van der Waals surface area contributed by atoms with Crippen LogP contribution in [-0.2, 0) is 18.9 Å². The van der Waals surface area contributed by atoms with Crippen molar-refractivity contribution < 1.29 is 18.9 Å². The molecule has 0 aliphatic carbocycles. The number of hydrogen-bond donors (Lipinski definition) is 0. The first kappa shape index (κ1) is 19.9. The lowest BCUT2D eigenvalue weighted by Crippen LogP contribution is -2.38. The van der Waals surface area contributed by atoms with Crippen LogP contribution < -0.4 is 0 Å². The average Bonchev–Trinajstić information content (AvgIpc) is 2.44. The summed E-state index contributed by atoms with van der Waals surface area (Å²) in [6, 6.07) is -0.0244. The van der Waals surface area contributed by atoms with Gasteiger partial charge in [0.05, 0.1) is 45.6 Å². The van der Waals surface area contributed by atoms with E-state index in [1.165, 1.54) is 0 Å². The molecule has 1 aliphatic rings. The normalized spacial score (nSPS) is 30.0. The summed E-state index contributed by atoms with van der Waals surface area (Å²) in [6.07, 6.45) is 3.33. The van der Waals surface area contributed by atoms with Crippen molar-refractivity contribution in [2.45, 2.75) is 39.1 Å².